The fourth-order valence-electron chi connectivity index (χ4n) is 5.69. The van der Waals surface area contributed by atoms with Crippen molar-refractivity contribution in [3.05, 3.63) is 41.7 Å². The topological polar surface area (TPSA) is 50.3 Å². The monoisotopic (exact) mass is 446 g/mol. The van der Waals surface area contributed by atoms with Gasteiger partial charge in [0.05, 0.1) is 5.69 Å². The van der Waals surface area contributed by atoms with Gasteiger partial charge in [-0.25, -0.2) is 13.2 Å². The lowest BCUT2D eigenvalue weighted by molar-refractivity contribution is 0.138. The molecule has 5 nitrogen and oxygen atoms in total. The number of aromatic nitrogens is 2. The molecule has 0 radical (unpaired) electrons. The van der Waals surface area contributed by atoms with Gasteiger partial charge >= 0.3 is 0 Å². The molecule has 1 aromatic heterocycles. The zero-order valence-corrected chi connectivity index (χ0v) is 18.1. The molecule has 1 aromatic carbocycles. The summed E-state index contributed by atoms with van der Waals surface area (Å²) < 4.78 is 46.5. The third kappa shape index (κ3) is 4.76. The number of benzene rings is 1. The summed E-state index contributed by atoms with van der Waals surface area (Å²) in [4.78, 5) is 2.64. The minimum atomic E-state index is -1.23. The van der Waals surface area contributed by atoms with Crippen molar-refractivity contribution in [3.8, 4) is 11.3 Å². The number of nitrogens with one attached hydrogen (secondary N) is 1. The van der Waals surface area contributed by atoms with Gasteiger partial charge in [0.1, 0.15) is 11.6 Å². The highest BCUT2D eigenvalue weighted by Crippen LogP contribution is 2.39. The molecule has 3 fully saturated rings. The summed E-state index contributed by atoms with van der Waals surface area (Å²) in [7, 11) is 0. The van der Waals surface area contributed by atoms with Crippen LogP contribution in [0.4, 0.5) is 19.0 Å². The molecule has 2 aliphatic heterocycles. The Bertz CT molecular complexity index is 920. The van der Waals surface area contributed by atoms with E-state index in [9.17, 15) is 13.2 Å². The van der Waals surface area contributed by atoms with Crippen molar-refractivity contribution in [2.24, 2.45) is 17.8 Å². The van der Waals surface area contributed by atoms with Crippen molar-refractivity contribution in [3.63, 3.8) is 0 Å². The highest BCUT2D eigenvalue weighted by Gasteiger charge is 2.41. The van der Waals surface area contributed by atoms with Crippen molar-refractivity contribution < 1.29 is 17.9 Å². The van der Waals surface area contributed by atoms with Gasteiger partial charge in [0.25, 0.3) is 0 Å². The Hall–Kier alpha value is -2.19. The van der Waals surface area contributed by atoms with Crippen molar-refractivity contribution in [1.29, 1.82) is 0 Å². The number of ether oxygens (including phenoxy) is 1. The van der Waals surface area contributed by atoms with E-state index in [1.165, 1.54) is 25.8 Å². The molecule has 4 atom stereocenters. The first-order valence-electron chi connectivity index (χ1n) is 11.6. The van der Waals surface area contributed by atoms with Gasteiger partial charge in [0.2, 0.25) is 0 Å². The van der Waals surface area contributed by atoms with Crippen LogP contribution in [-0.4, -0.2) is 54.0 Å². The minimum Gasteiger partial charge on any atom is -0.381 e. The summed E-state index contributed by atoms with van der Waals surface area (Å²) in [5, 5.41) is 11.5. The molecule has 3 aliphatic rings. The van der Waals surface area contributed by atoms with Crippen LogP contribution in [-0.2, 0) is 4.74 Å². The lowest BCUT2D eigenvalue weighted by Gasteiger charge is -2.24. The van der Waals surface area contributed by atoms with Crippen LogP contribution < -0.4 is 5.32 Å². The molecule has 1 N–H and O–H groups in total. The Kier molecular flexibility index (Phi) is 6.33. The Morgan fingerprint density at radius 2 is 1.81 bits per heavy atom. The second-order valence-corrected chi connectivity index (χ2v) is 9.51. The first kappa shape index (κ1) is 21.6. The van der Waals surface area contributed by atoms with E-state index in [4.69, 9.17) is 4.74 Å². The molecule has 0 bridgehead atoms. The average molecular weight is 447 g/mol. The summed E-state index contributed by atoms with van der Waals surface area (Å²) in [5.74, 6) is -0.435. The molecule has 32 heavy (non-hydrogen) atoms. The number of likely N-dealkylation sites (tertiary alicyclic amines) is 1. The fraction of sp³-hybridized carbons (Fsp3) is 0.583. The Morgan fingerprint density at radius 3 is 2.56 bits per heavy atom. The van der Waals surface area contributed by atoms with Gasteiger partial charge in [-0.3, -0.25) is 0 Å². The van der Waals surface area contributed by atoms with Crippen LogP contribution in [0.25, 0.3) is 11.3 Å². The quantitative estimate of drug-likeness (QED) is 0.686. The van der Waals surface area contributed by atoms with E-state index in [1.807, 2.05) is 0 Å². The average Bonchev–Trinajstić information content (AvgIpc) is 3.19. The van der Waals surface area contributed by atoms with Gasteiger partial charge in [-0.05, 0) is 68.1 Å². The Labute approximate surface area is 186 Å². The van der Waals surface area contributed by atoms with Crippen LogP contribution in [0.5, 0.6) is 0 Å². The Balaban J connectivity index is 1.14. The molecule has 172 valence electrons. The van der Waals surface area contributed by atoms with E-state index in [0.717, 1.165) is 51.1 Å². The first-order chi connectivity index (χ1) is 15.5. The van der Waals surface area contributed by atoms with Crippen molar-refractivity contribution >= 4 is 5.82 Å². The number of hydrogen-bond donors (Lipinski definition) is 1. The van der Waals surface area contributed by atoms with Gasteiger partial charge in [0, 0.05) is 50.5 Å². The second-order valence-electron chi connectivity index (χ2n) is 9.51. The number of nitrogens with zero attached hydrogens (tertiary/aromatic N) is 3. The van der Waals surface area contributed by atoms with Crippen molar-refractivity contribution in [1.82, 2.24) is 15.1 Å². The summed E-state index contributed by atoms with van der Waals surface area (Å²) in [6, 6.07) is 5.02. The summed E-state index contributed by atoms with van der Waals surface area (Å²) in [6.45, 7) is 5.33. The molecule has 1 unspecified atom stereocenters. The van der Waals surface area contributed by atoms with Crippen LogP contribution in [0.1, 0.15) is 32.1 Å². The molecule has 2 aromatic rings. The second kappa shape index (κ2) is 9.35. The number of fused-ring (bicyclic) bond motifs is 1. The van der Waals surface area contributed by atoms with Crippen LogP contribution in [0.3, 0.4) is 0 Å². The van der Waals surface area contributed by atoms with Crippen molar-refractivity contribution in [2.45, 2.75) is 38.1 Å². The molecule has 1 saturated carbocycles. The molecule has 0 spiro atoms. The third-order valence-electron chi connectivity index (χ3n) is 7.20. The molecule has 1 aliphatic carbocycles. The van der Waals surface area contributed by atoms with Gasteiger partial charge in [-0.1, -0.05) is 0 Å². The highest BCUT2D eigenvalue weighted by molar-refractivity contribution is 5.60. The van der Waals surface area contributed by atoms with E-state index >= 15 is 0 Å². The zero-order chi connectivity index (χ0) is 22.1. The van der Waals surface area contributed by atoms with Gasteiger partial charge in [-0.2, -0.15) is 0 Å². The van der Waals surface area contributed by atoms with E-state index in [2.05, 4.69) is 20.4 Å². The predicted molar refractivity (Wildman–Crippen MR) is 116 cm³/mol. The first-order valence-corrected chi connectivity index (χ1v) is 11.6. The van der Waals surface area contributed by atoms with E-state index in [1.54, 1.807) is 12.1 Å². The van der Waals surface area contributed by atoms with Crippen LogP contribution in [0.2, 0.25) is 0 Å². The van der Waals surface area contributed by atoms with E-state index in [0.29, 0.717) is 29.8 Å². The van der Waals surface area contributed by atoms with Gasteiger partial charge in [0.15, 0.2) is 11.6 Å². The predicted octanol–water partition coefficient (Wildman–Crippen LogP) is 4.50. The van der Waals surface area contributed by atoms with Crippen LogP contribution in [0.15, 0.2) is 24.3 Å². The van der Waals surface area contributed by atoms with E-state index in [-0.39, 0.29) is 11.3 Å². The number of halogens is 3. The summed E-state index contributed by atoms with van der Waals surface area (Å²) in [5.41, 5.74) is -0.119. The minimum absolute atomic E-state index is 0.106. The lowest BCUT2D eigenvalue weighted by Crippen LogP contribution is -2.30. The zero-order valence-electron chi connectivity index (χ0n) is 18.1. The number of rotatable bonds is 5. The summed E-state index contributed by atoms with van der Waals surface area (Å²) >= 11 is 0. The molecule has 8 heteroatoms. The lowest BCUT2D eigenvalue weighted by atomic mass is 10.00. The maximum atomic E-state index is 14.0. The molecule has 3 heterocycles. The SMILES string of the molecule is Fc1cc(F)c(F)c(-c2ccc(N[C@H]3C[C@@H]4CN(CC5CCCOCC5)C[C@@H]4C3)nn2)c1. The van der Waals surface area contributed by atoms with Gasteiger partial charge < -0.3 is 15.0 Å². The molecular formula is C24H29F3N4O. The fourth-order valence-corrected chi connectivity index (χ4v) is 5.69. The Morgan fingerprint density at radius 1 is 1.00 bits per heavy atom. The smallest absolute Gasteiger partial charge is 0.168 e. The van der Waals surface area contributed by atoms with Crippen LogP contribution in [0, 0.1) is 35.2 Å². The number of hydrogen-bond acceptors (Lipinski definition) is 5. The molecule has 0 amide bonds. The maximum absolute atomic E-state index is 14.0. The number of anilines is 1. The normalized spacial score (nSPS) is 28.5. The molecule has 2 saturated heterocycles. The third-order valence-corrected chi connectivity index (χ3v) is 7.20. The van der Waals surface area contributed by atoms with Crippen LogP contribution >= 0.6 is 0 Å². The van der Waals surface area contributed by atoms with Crippen molar-refractivity contribution in [2.75, 3.05) is 38.2 Å². The molecular weight excluding hydrogens is 417 g/mol. The summed E-state index contributed by atoms with van der Waals surface area (Å²) in [6.07, 6.45) is 5.83. The molecule has 5 rings (SSSR count). The standard InChI is InChI=1S/C24H29F3N4O/c25-18-10-20(24(27)21(26)11-18)22-3-4-23(30-29-22)28-19-8-16-13-31(14-17(16)9-19)12-15-2-1-6-32-7-5-15/h3-4,10-11,15-17,19H,1-2,5-9,12-14H2,(H,28,30)/t15?,16-,17+,19+. The van der Waals surface area contributed by atoms with E-state index < -0.39 is 17.5 Å². The maximum Gasteiger partial charge on any atom is 0.168 e. The van der Waals surface area contributed by atoms with Gasteiger partial charge in [-0.15, -0.1) is 10.2 Å². The largest absolute Gasteiger partial charge is 0.381 e. The highest BCUT2D eigenvalue weighted by atomic mass is 19.2.